The van der Waals surface area contributed by atoms with Crippen LogP contribution in [0.2, 0.25) is 0 Å². The van der Waals surface area contributed by atoms with Gasteiger partial charge >= 0.3 is 0 Å². The van der Waals surface area contributed by atoms with Crippen molar-refractivity contribution < 1.29 is 43.9 Å². The summed E-state index contributed by atoms with van der Waals surface area (Å²) in [4.78, 5) is 25.9. The van der Waals surface area contributed by atoms with E-state index in [1.165, 1.54) is 48.6 Å². The molecule has 0 aliphatic heterocycles. The lowest BCUT2D eigenvalue weighted by Gasteiger charge is -2.17. The largest absolute Gasteiger partial charge is 0.507 e. The number of carbonyl (C=O) groups excluding carboxylic acids is 2. The molecule has 226 valence electrons. The van der Waals surface area contributed by atoms with Gasteiger partial charge in [0, 0.05) is 0 Å². The SMILES string of the molecule is COc1ccc(/C=C/C(=O)c2c(O)cccc2OCC(O)COc2cccc(O)c2C(=O)/C=C/c2ccc(OC)cc2)cc1. The van der Waals surface area contributed by atoms with E-state index in [9.17, 15) is 24.9 Å². The summed E-state index contributed by atoms with van der Waals surface area (Å²) in [6.45, 7) is -0.573. The Kier molecular flexibility index (Phi) is 10.8. The molecule has 4 aromatic carbocycles. The van der Waals surface area contributed by atoms with Gasteiger partial charge in [-0.1, -0.05) is 48.6 Å². The molecule has 0 atom stereocenters. The zero-order valence-electron chi connectivity index (χ0n) is 24.2. The molecule has 0 unspecified atom stereocenters. The minimum Gasteiger partial charge on any atom is -0.507 e. The van der Waals surface area contributed by atoms with Crippen molar-refractivity contribution in [3.8, 4) is 34.5 Å². The van der Waals surface area contributed by atoms with Crippen LogP contribution in [0.3, 0.4) is 0 Å². The molecule has 0 radical (unpaired) electrons. The van der Waals surface area contributed by atoms with Crippen molar-refractivity contribution in [3.63, 3.8) is 0 Å². The normalized spacial score (nSPS) is 11.2. The number of ether oxygens (including phenoxy) is 4. The third-order valence-electron chi connectivity index (χ3n) is 6.45. The van der Waals surface area contributed by atoms with Gasteiger partial charge in [0.25, 0.3) is 0 Å². The number of benzene rings is 4. The maximum absolute atomic E-state index is 12.9. The molecular formula is C35H32O9. The molecule has 4 aromatic rings. The highest BCUT2D eigenvalue weighted by Gasteiger charge is 2.19. The lowest BCUT2D eigenvalue weighted by molar-refractivity contribution is 0.0614. The highest BCUT2D eigenvalue weighted by atomic mass is 16.5. The lowest BCUT2D eigenvalue weighted by Crippen LogP contribution is -2.26. The summed E-state index contributed by atoms with van der Waals surface area (Å²) in [7, 11) is 3.12. The van der Waals surface area contributed by atoms with Crippen molar-refractivity contribution in [2.75, 3.05) is 27.4 Å². The Morgan fingerprint density at radius 2 is 1.02 bits per heavy atom. The van der Waals surface area contributed by atoms with Crippen LogP contribution in [-0.2, 0) is 0 Å². The summed E-state index contributed by atoms with van der Waals surface area (Å²) in [5, 5.41) is 31.3. The number of aliphatic hydroxyl groups excluding tert-OH is 1. The van der Waals surface area contributed by atoms with Gasteiger partial charge in [0.1, 0.15) is 64.9 Å². The zero-order valence-corrected chi connectivity index (χ0v) is 24.2. The van der Waals surface area contributed by atoms with Gasteiger partial charge in [-0.25, -0.2) is 0 Å². The number of methoxy groups -OCH3 is 2. The Morgan fingerprint density at radius 3 is 1.39 bits per heavy atom. The Hall–Kier alpha value is -5.54. The van der Waals surface area contributed by atoms with Crippen LogP contribution >= 0.6 is 0 Å². The van der Waals surface area contributed by atoms with E-state index in [4.69, 9.17) is 18.9 Å². The number of hydrogen-bond donors (Lipinski definition) is 3. The minimum absolute atomic E-state index is 0.0603. The summed E-state index contributed by atoms with van der Waals surface area (Å²) in [6, 6.07) is 22.9. The molecule has 0 fully saturated rings. The van der Waals surface area contributed by atoms with E-state index in [1.807, 2.05) is 0 Å². The number of phenolic OH excluding ortho intramolecular Hbond substituents is 2. The number of hydrogen-bond acceptors (Lipinski definition) is 9. The first-order valence-corrected chi connectivity index (χ1v) is 13.6. The topological polar surface area (TPSA) is 132 Å². The van der Waals surface area contributed by atoms with Gasteiger partial charge in [0.2, 0.25) is 0 Å². The van der Waals surface area contributed by atoms with E-state index >= 15 is 0 Å². The molecule has 3 N–H and O–H groups in total. The highest BCUT2D eigenvalue weighted by molar-refractivity contribution is 6.11. The van der Waals surface area contributed by atoms with Crippen LogP contribution in [0.5, 0.6) is 34.5 Å². The standard InChI is InChI=1S/C35H32O9/c1-41-26-15-9-23(10-16-26)13-19-30(39)34-28(37)5-3-7-32(34)43-21-25(36)22-44-33-8-4-6-29(38)35(33)31(40)20-14-24-11-17-27(42-2)18-12-24/h3-20,25,36-38H,21-22H2,1-2H3/b19-13+,20-14+. The summed E-state index contributed by atoms with van der Waals surface area (Å²) in [6.07, 6.45) is 4.64. The predicted octanol–water partition coefficient (Wildman–Crippen LogP) is 5.73. The van der Waals surface area contributed by atoms with Gasteiger partial charge in [0.15, 0.2) is 11.6 Å². The molecule has 0 spiro atoms. The summed E-state index contributed by atoms with van der Waals surface area (Å²) in [5.41, 5.74) is 1.39. The molecule has 0 bridgehead atoms. The molecule has 0 aromatic heterocycles. The third-order valence-corrected chi connectivity index (χ3v) is 6.45. The first-order chi connectivity index (χ1) is 21.3. The van der Waals surface area contributed by atoms with Crippen molar-refractivity contribution >= 4 is 23.7 Å². The Balaban J connectivity index is 1.39. The number of phenols is 2. The second kappa shape index (κ2) is 15.1. The van der Waals surface area contributed by atoms with Crippen LogP contribution in [0.15, 0.2) is 97.1 Å². The smallest absolute Gasteiger partial charge is 0.193 e. The molecular weight excluding hydrogens is 564 g/mol. The summed E-state index contributed by atoms with van der Waals surface area (Å²) >= 11 is 0. The number of carbonyl (C=O) groups is 2. The summed E-state index contributed by atoms with van der Waals surface area (Å²) in [5.74, 6) is -0.0284. The molecule has 0 amide bonds. The van der Waals surface area contributed by atoms with E-state index in [2.05, 4.69) is 0 Å². The first-order valence-electron chi connectivity index (χ1n) is 13.6. The molecule has 0 aliphatic carbocycles. The fourth-order valence-corrected chi connectivity index (χ4v) is 4.14. The zero-order chi connectivity index (χ0) is 31.5. The van der Waals surface area contributed by atoms with Crippen LogP contribution in [-0.4, -0.2) is 60.4 Å². The average molecular weight is 597 g/mol. The quantitative estimate of drug-likeness (QED) is 0.123. The Labute approximate surface area is 254 Å². The van der Waals surface area contributed by atoms with Crippen molar-refractivity contribution in [2.45, 2.75) is 6.10 Å². The van der Waals surface area contributed by atoms with Crippen LogP contribution in [0.25, 0.3) is 12.2 Å². The molecule has 9 nitrogen and oxygen atoms in total. The molecule has 44 heavy (non-hydrogen) atoms. The predicted molar refractivity (Wildman–Crippen MR) is 166 cm³/mol. The molecule has 4 rings (SSSR count). The fourth-order valence-electron chi connectivity index (χ4n) is 4.14. The molecule has 0 saturated heterocycles. The molecule has 0 aliphatic rings. The Morgan fingerprint density at radius 1 is 0.636 bits per heavy atom. The third kappa shape index (κ3) is 8.27. The Bertz CT molecular complexity index is 1520. The van der Waals surface area contributed by atoms with E-state index in [0.29, 0.717) is 11.5 Å². The van der Waals surface area contributed by atoms with Crippen LogP contribution < -0.4 is 18.9 Å². The first kappa shape index (κ1) is 31.4. The van der Waals surface area contributed by atoms with E-state index in [-0.39, 0.29) is 47.3 Å². The minimum atomic E-state index is -1.18. The van der Waals surface area contributed by atoms with Crippen LogP contribution in [0.4, 0.5) is 0 Å². The van der Waals surface area contributed by atoms with Crippen molar-refractivity contribution in [1.29, 1.82) is 0 Å². The van der Waals surface area contributed by atoms with Crippen LogP contribution in [0.1, 0.15) is 31.8 Å². The maximum atomic E-state index is 12.9. The maximum Gasteiger partial charge on any atom is 0.193 e. The van der Waals surface area contributed by atoms with Gasteiger partial charge in [-0.2, -0.15) is 0 Å². The van der Waals surface area contributed by atoms with E-state index in [0.717, 1.165) is 11.1 Å². The average Bonchev–Trinajstić information content (AvgIpc) is 3.04. The second-order valence-corrected chi connectivity index (χ2v) is 9.52. The lowest BCUT2D eigenvalue weighted by atomic mass is 10.1. The molecule has 0 heterocycles. The van der Waals surface area contributed by atoms with Gasteiger partial charge in [-0.15, -0.1) is 0 Å². The molecule has 9 heteroatoms. The van der Waals surface area contributed by atoms with Crippen molar-refractivity contribution in [3.05, 3.63) is 119 Å². The van der Waals surface area contributed by atoms with Crippen molar-refractivity contribution in [1.82, 2.24) is 0 Å². The monoisotopic (exact) mass is 596 g/mol. The number of aromatic hydroxyl groups is 2. The van der Waals surface area contributed by atoms with E-state index in [1.54, 1.807) is 74.9 Å². The van der Waals surface area contributed by atoms with Gasteiger partial charge in [-0.05, 0) is 71.8 Å². The van der Waals surface area contributed by atoms with E-state index < -0.39 is 17.7 Å². The summed E-state index contributed by atoms with van der Waals surface area (Å²) < 4.78 is 21.6. The van der Waals surface area contributed by atoms with Crippen LogP contribution in [0, 0.1) is 0 Å². The number of allylic oxidation sites excluding steroid dienone is 2. The molecule has 0 saturated carbocycles. The van der Waals surface area contributed by atoms with Crippen molar-refractivity contribution in [2.24, 2.45) is 0 Å². The highest BCUT2D eigenvalue weighted by Crippen LogP contribution is 2.30. The van der Waals surface area contributed by atoms with Gasteiger partial charge in [-0.3, -0.25) is 9.59 Å². The van der Waals surface area contributed by atoms with Gasteiger partial charge < -0.3 is 34.3 Å². The van der Waals surface area contributed by atoms with Gasteiger partial charge in [0.05, 0.1) is 14.2 Å². The number of ketones is 2. The number of rotatable bonds is 14. The number of aliphatic hydroxyl groups is 1. The second-order valence-electron chi connectivity index (χ2n) is 9.52. The fraction of sp³-hybridized carbons (Fsp3) is 0.143.